The molecule has 2 heterocycles. The highest BCUT2D eigenvalue weighted by Gasteiger charge is 2.27. The van der Waals surface area contributed by atoms with E-state index in [-0.39, 0.29) is 12.6 Å². The smallest absolute Gasteiger partial charge is 0.205 e. The van der Waals surface area contributed by atoms with E-state index >= 15 is 0 Å². The summed E-state index contributed by atoms with van der Waals surface area (Å²) in [5.41, 5.74) is 10.2. The second-order valence-electron chi connectivity index (χ2n) is 7.64. The Balaban J connectivity index is 1.52. The predicted molar refractivity (Wildman–Crippen MR) is 117 cm³/mol. The van der Waals surface area contributed by atoms with Crippen LogP contribution in [0.1, 0.15) is 32.3 Å². The molecule has 7 heteroatoms. The number of unbranched alkanes of at least 4 members (excludes halogenated alkanes) is 1. The Morgan fingerprint density at radius 2 is 1.83 bits per heavy atom. The van der Waals surface area contributed by atoms with Gasteiger partial charge in [0.15, 0.2) is 0 Å². The Morgan fingerprint density at radius 1 is 1.07 bits per heavy atom. The fourth-order valence-corrected chi connectivity index (χ4v) is 3.99. The van der Waals surface area contributed by atoms with E-state index in [0.29, 0.717) is 5.82 Å². The van der Waals surface area contributed by atoms with Gasteiger partial charge in [0, 0.05) is 17.8 Å². The number of rotatable bonds is 8. The molecule has 1 atom stereocenters. The Labute approximate surface area is 176 Å². The number of hydrazine groups is 1. The van der Waals surface area contributed by atoms with Gasteiger partial charge in [0.25, 0.3) is 0 Å². The number of benzene rings is 2. The van der Waals surface area contributed by atoms with Crippen LogP contribution < -0.4 is 5.43 Å². The Kier molecular flexibility index (Phi) is 6.21. The summed E-state index contributed by atoms with van der Waals surface area (Å²) in [6.07, 6.45) is 3.12. The number of tetrazole rings is 1. The lowest BCUT2D eigenvalue weighted by molar-refractivity contribution is 0.247. The molecule has 0 amide bonds. The Hall–Kier alpha value is -3.03. The quantitative estimate of drug-likeness (QED) is 0.534. The number of aliphatic hydroxyl groups is 1. The van der Waals surface area contributed by atoms with E-state index in [1.165, 1.54) is 5.56 Å². The summed E-state index contributed by atoms with van der Waals surface area (Å²) in [6.45, 7) is 5.33. The van der Waals surface area contributed by atoms with Crippen LogP contribution in [-0.2, 0) is 6.42 Å². The first-order valence-electron chi connectivity index (χ1n) is 10.5. The van der Waals surface area contributed by atoms with Gasteiger partial charge in [0.1, 0.15) is 0 Å². The molecule has 1 aromatic heterocycles. The van der Waals surface area contributed by atoms with E-state index in [2.05, 4.69) is 75.2 Å². The first-order chi connectivity index (χ1) is 14.7. The summed E-state index contributed by atoms with van der Waals surface area (Å²) in [7, 11) is 0. The molecule has 3 aromatic rings. The van der Waals surface area contributed by atoms with E-state index in [1.807, 2.05) is 18.2 Å². The molecule has 7 nitrogen and oxygen atoms in total. The van der Waals surface area contributed by atoms with Gasteiger partial charge in [-0.15, -0.1) is 10.2 Å². The van der Waals surface area contributed by atoms with Gasteiger partial charge in [0.2, 0.25) is 5.82 Å². The van der Waals surface area contributed by atoms with Crippen LogP contribution in [0.15, 0.2) is 59.8 Å². The first-order valence-corrected chi connectivity index (χ1v) is 10.5. The highest BCUT2D eigenvalue weighted by atomic mass is 16.3. The molecule has 30 heavy (non-hydrogen) atoms. The van der Waals surface area contributed by atoms with Gasteiger partial charge in [-0.1, -0.05) is 61.9 Å². The molecule has 0 saturated heterocycles. The number of hydrogen-bond donors (Lipinski definition) is 3. The summed E-state index contributed by atoms with van der Waals surface area (Å²) in [5, 5.41) is 26.5. The summed E-state index contributed by atoms with van der Waals surface area (Å²) in [5.74, 6) is 0.588. The van der Waals surface area contributed by atoms with Gasteiger partial charge in [-0.05, 0) is 47.2 Å². The van der Waals surface area contributed by atoms with Crippen LogP contribution in [0.4, 0.5) is 0 Å². The maximum Gasteiger partial charge on any atom is 0.205 e. The topological polar surface area (TPSA) is 90.0 Å². The van der Waals surface area contributed by atoms with Crippen LogP contribution >= 0.6 is 0 Å². The van der Waals surface area contributed by atoms with E-state index in [9.17, 15) is 5.11 Å². The maximum atomic E-state index is 9.90. The molecule has 0 fully saturated rings. The largest absolute Gasteiger partial charge is 0.392 e. The average molecular weight is 405 g/mol. The van der Waals surface area contributed by atoms with Crippen LogP contribution in [0.5, 0.6) is 0 Å². The fraction of sp³-hybridized carbons (Fsp3) is 0.348. The number of allylic oxidation sites excluding steroid dienone is 1. The van der Waals surface area contributed by atoms with Crippen molar-refractivity contribution in [1.29, 1.82) is 0 Å². The molecule has 1 unspecified atom stereocenters. The monoisotopic (exact) mass is 404 g/mol. The zero-order chi connectivity index (χ0) is 20.9. The lowest BCUT2D eigenvalue weighted by Crippen LogP contribution is -2.39. The summed E-state index contributed by atoms with van der Waals surface area (Å²) in [4.78, 5) is 0. The maximum absolute atomic E-state index is 9.90. The normalized spacial score (nSPS) is 16.5. The number of aromatic amines is 1. The third kappa shape index (κ3) is 4.13. The molecule has 4 rings (SSSR count). The van der Waals surface area contributed by atoms with Gasteiger partial charge < -0.3 is 10.1 Å². The minimum absolute atomic E-state index is 0.0856. The van der Waals surface area contributed by atoms with Crippen LogP contribution in [0.3, 0.4) is 0 Å². The minimum Gasteiger partial charge on any atom is -0.392 e. The van der Waals surface area contributed by atoms with E-state index < -0.39 is 0 Å². The van der Waals surface area contributed by atoms with Crippen LogP contribution in [0.25, 0.3) is 22.5 Å². The number of nitrogens with zero attached hydrogens (tertiary/aromatic N) is 4. The van der Waals surface area contributed by atoms with Crippen molar-refractivity contribution in [3.63, 3.8) is 0 Å². The summed E-state index contributed by atoms with van der Waals surface area (Å²) in [6, 6.07) is 16.8. The van der Waals surface area contributed by atoms with Crippen molar-refractivity contribution in [3.05, 3.63) is 65.4 Å². The zero-order valence-corrected chi connectivity index (χ0v) is 17.5. The lowest BCUT2D eigenvalue weighted by Gasteiger charge is -2.22. The summed E-state index contributed by atoms with van der Waals surface area (Å²) < 4.78 is 0. The molecule has 0 aliphatic carbocycles. The first kappa shape index (κ1) is 20.3. The molecule has 1 aliphatic heterocycles. The van der Waals surface area contributed by atoms with Crippen molar-refractivity contribution in [1.82, 2.24) is 31.1 Å². The molecule has 0 saturated carbocycles. The highest BCUT2D eigenvalue weighted by molar-refractivity contribution is 5.80. The molecule has 0 bridgehead atoms. The third-order valence-corrected chi connectivity index (χ3v) is 5.73. The van der Waals surface area contributed by atoms with Crippen molar-refractivity contribution in [3.8, 4) is 22.5 Å². The van der Waals surface area contributed by atoms with Gasteiger partial charge in [0.05, 0.1) is 12.6 Å². The summed E-state index contributed by atoms with van der Waals surface area (Å²) >= 11 is 0. The number of H-pyrrole nitrogens is 1. The standard InChI is InChI=1S/C23H28N6O/c1-3-4-13-29-16(2)21(15-30)22(26-29)14-17-9-11-18(12-10-17)19-7-5-6-8-20(19)23-24-27-28-25-23/h5-12,22,26,30H,3-4,13-15H2,1-2H3,(H,24,25,27,28). The van der Waals surface area contributed by atoms with E-state index in [1.54, 1.807) is 0 Å². The fourth-order valence-electron chi connectivity index (χ4n) is 3.99. The second-order valence-corrected chi connectivity index (χ2v) is 7.64. The van der Waals surface area contributed by atoms with Crippen LogP contribution in [-0.4, -0.2) is 49.9 Å². The number of nitrogens with one attached hydrogen (secondary N) is 2. The number of aliphatic hydroxyl groups excluding tert-OH is 1. The van der Waals surface area contributed by atoms with E-state index in [4.69, 9.17) is 0 Å². The number of aromatic nitrogens is 4. The van der Waals surface area contributed by atoms with E-state index in [0.717, 1.165) is 53.8 Å². The third-order valence-electron chi connectivity index (χ3n) is 5.73. The van der Waals surface area contributed by atoms with Crippen molar-refractivity contribution in [2.45, 2.75) is 39.2 Å². The lowest BCUT2D eigenvalue weighted by atomic mass is 9.95. The van der Waals surface area contributed by atoms with Gasteiger partial charge in [-0.3, -0.25) is 0 Å². The molecular formula is C23H28N6O. The van der Waals surface area contributed by atoms with Crippen LogP contribution in [0.2, 0.25) is 0 Å². The molecule has 0 spiro atoms. The van der Waals surface area contributed by atoms with Crippen LogP contribution in [0, 0.1) is 0 Å². The van der Waals surface area contributed by atoms with Gasteiger partial charge in [-0.25, -0.2) is 5.43 Å². The van der Waals surface area contributed by atoms with Crippen molar-refractivity contribution in [2.24, 2.45) is 0 Å². The molecule has 1 aliphatic rings. The number of hydrogen-bond acceptors (Lipinski definition) is 6. The van der Waals surface area contributed by atoms with Crippen molar-refractivity contribution < 1.29 is 5.11 Å². The SMILES string of the molecule is CCCCN1NC(Cc2ccc(-c3ccccc3-c3nn[nH]n3)cc2)C(CO)=C1C. The minimum atomic E-state index is 0.0856. The molecule has 0 radical (unpaired) electrons. The molecule has 156 valence electrons. The zero-order valence-electron chi connectivity index (χ0n) is 17.5. The van der Waals surface area contributed by atoms with Gasteiger partial charge >= 0.3 is 0 Å². The molecule has 2 aromatic carbocycles. The molecule has 3 N–H and O–H groups in total. The Bertz CT molecular complexity index is 997. The highest BCUT2D eigenvalue weighted by Crippen LogP contribution is 2.30. The predicted octanol–water partition coefficient (Wildman–Crippen LogP) is 3.33. The second kappa shape index (κ2) is 9.19. The molecular weight excluding hydrogens is 376 g/mol. The Morgan fingerprint density at radius 3 is 2.50 bits per heavy atom. The van der Waals surface area contributed by atoms with Gasteiger partial charge in [-0.2, -0.15) is 5.21 Å². The average Bonchev–Trinajstić information content (AvgIpc) is 3.41. The van der Waals surface area contributed by atoms with Crippen molar-refractivity contribution >= 4 is 0 Å². The van der Waals surface area contributed by atoms with Crippen molar-refractivity contribution in [2.75, 3.05) is 13.2 Å².